The maximum Gasteiger partial charge on any atom is 0.290 e. The van der Waals surface area contributed by atoms with Gasteiger partial charge in [0.25, 0.3) is 5.69 Å². The van der Waals surface area contributed by atoms with Gasteiger partial charge in [-0.1, -0.05) is 11.8 Å². The molecule has 18 heavy (non-hydrogen) atoms. The molecule has 0 aliphatic heterocycles. The van der Waals surface area contributed by atoms with Crippen LogP contribution in [0, 0.1) is 22.9 Å². The minimum atomic E-state index is -0.464. The summed E-state index contributed by atoms with van der Waals surface area (Å²) in [6, 6.07) is 7.64. The molecular formula is C12H9FN2O2S. The molecule has 0 N–H and O–H groups in total. The lowest BCUT2D eigenvalue weighted by molar-refractivity contribution is -0.385. The Morgan fingerprint density at radius 3 is 2.56 bits per heavy atom. The maximum absolute atomic E-state index is 12.7. The molecule has 0 spiro atoms. The normalized spacial score (nSPS) is 10.3. The van der Waals surface area contributed by atoms with E-state index >= 15 is 0 Å². The molecule has 0 radical (unpaired) electrons. The van der Waals surface area contributed by atoms with Crippen LogP contribution in [-0.2, 0) is 0 Å². The monoisotopic (exact) mass is 264 g/mol. The Morgan fingerprint density at radius 1 is 1.33 bits per heavy atom. The number of aryl methyl sites for hydroxylation is 1. The van der Waals surface area contributed by atoms with Gasteiger partial charge in [0.1, 0.15) is 17.0 Å². The lowest BCUT2D eigenvalue weighted by Crippen LogP contribution is -1.93. The highest BCUT2D eigenvalue weighted by Gasteiger charge is 2.11. The first-order chi connectivity index (χ1) is 8.56. The highest BCUT2D eigenvalue weighted by atomic mass is 32.2. The summed E-state index contributed by atoms with van der Waals surface area (Å²) in [5.74, 6) is -0.299. The Kier molecular flexibility index (Phi) is 3.57. The fourth-order valence-electron chi connectivity index (χ4n) is 1.39. The standard InChI is InChI=1S/C12H9FN2O2S/c1-8-6-12(14-7-11(8)15(16)17)18-10-4-2-9(13)3-5-10/h2-7H,1H3. The zero-order valence-corrected chi connectivity index (χ0v) is 10.3. The molecule has 0 aliphatic rings. The number of rotatable bonds is 3. The zero-order valence-electron chi connectivity index (χ0n) is 9.46. The van der Waals surface area contributed by atoms with Crippen molar-refractivity contribution in [2.75, 3.05) is 0 Å². The lowest BCUT2D eigenvalue weighted by Gasteiger charge is -2.02. The van der Waals surface area contributed by atoms with Crippen LogP contribution >= 0.6 is 11.8 Å². The average Bonchev–Trinajstić information content (AvgIpc) is 2.32. The van der Waals surface area contributed by atoms with Crippen LogP contribution in [0.25, 0.3) is 0 Å². The van der Waals surface area contributed by atoms with Crippen LogP contribution in [0.5, 0.6) is 0 Å². The first-order valence-corrected chi connectivity index (χ1v) is 5.92. The topological polar surface area (TPSA) is 56.0 Å². The third kappa shape index (κ3) is 2.84. The molecule has 92 valence electrons. The molecule has 2 aromatic rings. The summed E-state index contributed by atoms with van der Waals surface area (Å²) in [5.41, 5.74) is 0.554. The Labute approximate surface area is 107 Å². The van der Waals surface area contributed by atoms with Crippen molar-refractivity contribution in [1.82, 2.24) is 4.98 Å². The predicted octanol–water partition coefficient (Wildman–Crippen LogP) is 3.59. The van der Waals surface area contributed by atoms with Gasteiger partial charge < -0.3 is 0 Å². The van der Waals surface area contributed by atoms with Crippen LogP contribution < -0.4 is 0 Å². The van der Waals surface area contributed by atoms with E-state index in [1.54, 1.807) is 25.1 Å². The van der Waals surface area contributed by atoms with E-state index in [0.717, 1.165) is 4.90 Å². The highest BCUT2D eigenvalue weighted by Crippen LogP contribution is 2.28. The first-order valence-electron chi connectivity index (χ1n) is 5.11. The van der Waals surface area contributed by atoms with Gasteiger partial charge in [-0.25, -0.2) is 9.37 Å². The second-order valence-electron chi connectivity index (χ2n) is 3.62. The molecule has 1 aromatic heterocycles. The van der Waals surface area contributed by atoms with E-state index < -0.39 is 4.92 Å². The third-order valence-electron chi connectivity index (χ3n) is 2.29. The molecule has 0 saturated carbocycles. The van der Waals surface area contributed by atoms with Gasteiger partial charge in [-0.05, 0) is 37.3 Å². The van der Waals surface area contributed by atoms with Crippen molar-refractivity contribution in [1.29, 1.82) is 0 Å². The van der Waals surface area contributed by atoms with Crippen LogP contribution in [0.15, 0.2) is 46.5 Å². The summed E-state index contributed by atoms with van der Waals surface area (Å²) < 4.78 is 12.7. The molecular weight excluding hydrogens is 255 g/mol. The summed E-state index contributed by atoms with van der Waals surface area (Å²) in [6.45, 7) is 1.66. The van der Waals surface area contributed by atoms with E-state index in [1.165, 1.54) is 30.1 Å². The predicted molar refractivity (Wildman–Crippen MR) is 66.2 cm³/mol. The Bertz CT molecular complexity index is 587. The Balaban J connectivity index is 2.22. The van der Waals surface area contributed by atoms with Crippen LogP contribution in [0.2, 0.25) is 0 Å². The van der Waals surface area contributed by atoms with Crippen molar-refractivity contribution in [2.24, 2.45) is 0 Å². The van der Waals surface area contributed by atoms with E-state index in [2.05, 4.69) is 4.98 Å². The lowest BCUT2D eigenvalue weighted by atomic mass is 10.3. The summed E-state index contributed by atoms with van der Waals surface area (Å²) in [4.78, 5) is 15.0. The van der Waals surface area contributed by atoms with Crippen molar-refractivity contribution in [3.63, 3.8) is 0 Å². The molecule has 4 nitrogen and oxygen atoms in total. The number of hydrogen-bond acceptors (Lipinski definition) is 4. The second-order valence-corrected chi connectivity index (χ2v) is 4.72. The molecule has 0 bridgehead atoms. The molecule has 1 heterocycles. The number of aromatic nitrogens is 1. The Morgan fingerprint density at radius 2 is 2.00 bits per heavy atom. The summed E-state index contributed by atoms with van der Waals surface area (Å²) in [6.07, 6.45) is 1.24. The summed E-state index contributed by atoms with van der Waals surface area (Å²) in [7, 11) is 0. The third-order valence-corrected chi connectivity index (χ3v) is 3.23. The number of hydrogen-bond donors (Lipinski definition) is 0. The van der Waals surface area contributed by atoms with Crippen molar-refractivity contribution in [3.8, 4) is 0 Å². The average molecular weight is 264 g/mol. The van der Waals surface area contributed by atoms with E-state index in [0.29, 0.717) is 10.6 Å². The fourth-order valence-corrected chi connectivity index (χ4v) is 2.25. The van der Waals surface area contributed by atoms with Crippen LogP contribution in [0.1, 0.15) is 5.56 Å². The van der Waals surface area contributed by atoms with Crippen LogP contribution in [0.3, 0.4) is 0 Å². The second kappa shape index (κ2) is 5.14. The van der Waals surface area contributed by atoms with Gasteiger partial charge in [0.2, 0.25) is 0 Å². The highest BCUT2D eigenvalue weighted by molar-refractivity contribution is 7.99. The van der Waals surface area contributed by atoms with E-state index in [4.69, 9.17) is 0 Å². The van der Waals surface area contributed by atoms with Gasteiger partial charge in [0.15, 0.2) is 0 Å². The zero-order chi connectivity index (χ0) is 13.1. The van der Waals surface area contributed by atoms with Crippen molar-refractivity contribution in [2.45, 2.75) is 16.8 Å². The van der Waals surface area contributed by atoms with Crippen molar-refractivity contribution < 1.29 is 9.31 Å². The number of halogens is 1. The molecule has 2 rings (SSSR count). The number of nitrogens with zero attached hydrogens (tertiary/aromatic N) is 2. The van der Waals surface area contributed by atoms with Crippen molar-refractivity contribution in [3.05, 3.63) is 58.0 Å². The SMILES string of the molecule is Cc1cc(Sc2ccc(F)cc2)ncc1[N+](=O)[O-]. The largest absolute Gasteiger partial charge is 0.290 e. The molecule has 0 amide bonds. The van der Waals surface area contributed by atoms with Crippen molar-refractivity contribution >= 4 is 17.4 Å². The maximum atomic E-state index is 12.7. The van der Waals surface area contributed by atoms with Gasteiger partial charge >= 0.3 is 0 Å². The van der Waals surface area contributed by atoms with E-state index in [9.17, 15) is 14.5 Å². The first kappa shape index (κ1) is 12.5. The molecule has 0 unspecified atom stereocenters. The van der Waals surface area contributed by atoms with E-state index in [-0.39, 0.29) is 11.5 Å². The van der Waals surface area contributed by atoms with Gasteiger partial charge in [-0.2, -0.15) is 0 Å². The quantitative estimate of drug-likeness (QED) is 0.628. The number of pyridine rings is 1. The molecule has 0 aliphatic carbocycles. The smallest absolute Gasteiger partial charge is 0.258 e. The summed E-state index contributed by atoms with van der Waals surface area (Å²) in [5, 5.41) is 11.3. The van der Waals surface area contributed by atoms with Gasteiger partial charge in [0.05, 0.1) is 4.92 Å². The van der Waals surface area contributed by atoms with Gasteiger partial charge in [-0.3, -0.25) is 10.1 Å². The fraction of sp³-hybridized carbons (Fsp3) is 0.0833. The Hall–Kier alpha value is -1.95. The minimum absolute atomic E-state index is 0.00143. The number of nitro groups is 1. The summed E-state index contributed by atoms with van der Waals surface area (Å²) >= 11 is 1.33. The van der Waals surface area contributed by atoms with Gasteiger partial charge in [-0.15, -0.1) is 0 Å². The molecule has 1 aromatic carbocycles. The van der Waals surface area contributed by atoms with Gasteiger partial charge in [0, 0.05) is 10.5 Å². The molecule has 6 heteroatoms. The van der Waals surface area contributed by atoms with Crippen LogP contribution in [-0.4, -0.2) is 9.91 Å². The number of benzene rings is 1. The molecule has 0 fully saturated rings. The van der Waals surface area contributed by atoms with E-state index in [1.807, 2.05) is 0 Å². The molecule has 0 atom stereocenters. The molecule has 0 saturated heterocycles. The van der Waals surface area contributed by atoms with Crippen LogP contribution in [0.4, 0.5) is 10.1 Å². The minimum Gasteiger partial charge on any atom is -0.258 e.